The van der Waals surface area contributed by atoms with Crippen molar-refractivity contribution in [2.45, 2.75) is 85.2 Å². The molecule has 0 aliphatic carbocycles. The molecule has 0 aliphatic rings. The highest BCUT2D eigenvalue weighted by Gasteiger charge is 2.39. The molecule has 0 bridgehead atoms. The van der Waals surface area contributed by atoms with Crippen molar-refractivity contribution in [1.29, 1.82) is 0 Å². The van der Waals surface area contributed by atoms with Crippen LogP contribution in [0.1, 0.15) is 67.2 Å². The highest BCUT2D eigenvalue weighted by Crippen LogP contribution is 2.30. The number of carbonyl (C=O) groups excluding carboxylic acids is 2. The summed E-state index contributed by atoms with van der Waals surface area (Å²) in [6.07, 6.45) is 0.612. The van der Waals surface area contributed by atoms with Gasteiger partial charge in [0.1, 0.15) is 6.04 Å². The van der Waals surface area contributed by atoms with Crippen molar-refractivity contribution in [2.75, 3.05) is 27.1 Å². The fraction of sp³-hybridized carbons (Fsp3) is 0.833. The number of ether oxygens (including phenoxy) is 2. The number of allylic oxidation sites excluding steroid dienone is 1. The number of carbonyl (C=O) groups is 2. The van der Waals surface area contributed by atoms with E-state index in [2.05, 4.69) is 11.9 Å². The van der Waals surface area contributed by atoms with Crippen molar-refractivity contribution in [2.24, 2.45) is 17.8 Å². The molecule has 0 fully saturated rings. The number of halogens is 2. The van der Waals surface area contributed by atoms with E-state index >= 15 is 0 Å². The van der Waals surface area contributed by atoms with E-state index < -0.39 is 36.8 Å². The van der Waals surface area contributed by atoms with Gasteiger partial charge in [0, 0.05) is 26.4 Å². The summed E-state index contributed by atoms with van der Waals surface area (Å²) in [5.74, 6) is -4.05. The van der Waals surface area contributed by atoms with Gasteiger partial charge in [0.25, 0.3) is 11.8 Å². The van der Waals surface area contributed by atoms with E-state index in [4.69, 9.17) is 14.3 Å². The van der Waals surface area contributed by atoms with E-state index in [0.29, 0.717) is 13.0 Å². The number of nitrogens with zero attached hydrogens (tertiary/aromatic N) is 1. The molecule has 2 atom stereocenters. The van der Waals surface area contributed by atoms with Gasteiger partial charge in [-0.25, -0.2) is 18.7 Å². The van der Waals surface area contributed by atoms with Crippen molar-refractivity contribution >= 4 is 11.8 Å². The zero-order valence-electron chi connectivity index (χ0n) is 21.4. The molecule has 0 aromatic carbocycles. The topological polar surface area (TPSA) is 77.1 Å². The van der Waals surface area contributed by atoms with E-state index in [-0.39, 0.29) is 43.5 Å². The monoisotopic (exact) mass is 478 g/mol. The molecule has 7 nitrogen and oxygen atoms in total. The van der Waals surface area contributed by atoms with E-state index in [1.54, 1.807) is 13.8 Å². The predicted octanol–water partition coefficient (Wildman–Crippen LogP) is 4.57. The minimum Gasteiger partial charge on any atom is -0.382 e. The zero-order valence-corrected chi connectivity index (χ0v) is 21.4. The molecule has 0 saturated carbocycles. The second-order valence-corrected chi connectivity index (χ2v) is 9.54. The van der Waals surface area contributed by atoms with Crippen molar-refractivity contribution in [3.05, 3.63) is 12.7 Å². The summed E-state index contributed by atoms with van der Waals surface area (Å²) in [4.78, 5) is 31.6. The van der Waals surface area contributed by atoms with Crippen LogP contribution in [0.4, 0.5) is 8.78 Å². The maximum atomic E-state index is 14.6. The number of rotatable bonds is 18. The Morgan fingerprint density at radius 3 is 2.21 bits per heavy atom. The number of amides is 2. The first-order valence-corrected chi connectivity index (χ1v) is 11.6. The molecule has 194 valence electrons. The Balaban J connectivity index is 5.86. The van der Waals surface area contributed by atoms with Crippen LogP contribution < -0.4 is 5.32 Å². The Labute approximate surface area is 198 Å². The van der Waals surface area contributed by atoms with Crippen LogP contribution in [-0.4, -0.2) is 62.0 Å². The van der Waals surface area contributed by atoms with Gasteiger partial charge in [0.15, 0.2) is 6.79 Å². The van der Waals surface area contributed by atoms with Gasteiger partial charge >= 0.3 is 0 Å². The van der Waals surface area contributed by atoms with Gasteiger partial charge in [0.05, 0.1) is 19.3 Å². The maximum Gasteiger partial charge on any atom is 0.269 e. The third-order valence-corrected chi connectivity index (χ3v) is 4.82. The lowest BCUT2D eigenvalue weighted by molar-refractivity contribution is -0.249. The summed E-state index contributed by atoms with van der Waals surface area (Å²) in [5.41, 5.74) is 0. The molecule has 0 radical (unpaired) electrons. The summed E-state index contributed by atoms with van der Waals surface area (Å²) < 4.78 is 39.4. The van der Waals surface area contributed by atoms with Gasteiger partial charge in [0.2, 0.25) is 5.91 Å². The average Bonchev–Trinajstić information content (AvgIpc) is 2.66. The Morgan fingerprint density at radius 2 is 1.73 bits per heavy atom. The molecule has 1 N–H and O–H groups in total. The average molecular weight is 479 g/mol. The second-order valence-electron chi connectivity index (χ2n) is 9.54. The fourth-order valence-corrected chi connectivity index (χ4v) is 3.34. The largest absolute Gasteiger partial charge is 0.382 e. The van der Waals surface area contributed by atoms with Gasteiger partial charge in [-0.3, -0.25) is 9.59 Å². The van der Waals surface area contributed by atoms with Gasteiger partial charge in [-0.05, 0) is 24.2 Å². The summed E-state index contributed by atoms with van der Waals surface area (Å²) in [6, 6.07) is -1.83. The molecule has 0 spiro atoms. The first-order chi connectivity index (χ1) is 15.3. The molecule has 0 heterocycles. The van der Waals surface area contributed by atoms with Crippen LogP contribution in [0.25, 0.3) is 0 Å². The fourth-order valence-electron chi connectivity index (χ4n) is 3.34. The molecule has 0 saturated heterocycles. The van der Waals surface area contributed by atoms with Gasteiger partial charge < -0.3 is 14.8 Å². The van der Waals surface area contributed by atoms with Crippen molar-refractivity contribution in [1.82, 2.24) is 10.4 Å². The molecule has 9 heteroatoms. The van der Waals surface area contributed by atoms with Crippen LogP contribution in [0, 0.1) is 17.8 Å². The molecule has 2 amide bonds. The normalized spacial score (nSPS) is 13.9. The SMILES string of the molecule is C=CCC(F)(F)CC(CC(C)C)N(OCOCCOC)C(=O)[C@@H](NC(=O)CC(C)C)C(C)C. The molecule has 1 unspecified atom stereocenters. The smallest absolute Gasteiger partial charge is 0.269 e. The number of alkyl halides is 2. The highest BCUT2D eigenvalue weighted by atomic mass is 19.3. The first kappa shape index (κ1) is 31.4. The van der Waals surface area contributed by atoms with E-state index in [1.807, 2.05) is 27.7 Å². The quantitative estimate of drug-likeness (QED) is 0.135. The number of hydrogen-bond donors (Lipinski definition) is 1. The lowest BCUT2D eigenvalue weighted by Crippen LogP contribution is -2.55. The number of hydrogen-bond acceptors (Lipinski definition) is 5. The number of nitrogens with one attached hydrogen (secondary N) is 1. The minimum absolute atomic E-state index is 0.0240. The molecular weight excluding hydrogens is 434 g/mol. The Kier molecular flexibility index (Phi) is 15.3. The lowest BCUT2D eigenvalue weighted by atomic mass is 9.95. The van der Waals surface area contributed by atoms with Crippen molar-refractivity contribution < 1.29 is 32.7 Å². The molecule has 0 aliphatic heterocycles. The van der Waals surface area contributed by atoms with Gasteiger partial charge in [-0.2, -0.15) is 0 Å². The Bertz CT molecular complexity index is 585. The third-order valence-electron chi connectivity index (χ3n) is 4.82. The third kappa shape index (κ3) is 13.7. The predicted molar refractivity (Wildman–Crippen MR) is 124 cm³/mol. The standard InChI is InChI=1S/C24H44F2N2O5/c1-9-10-24(25,26)15-20(13-17(2)3)28(33-16-32-12-11-31-8)23(30)22(19(6)7)27-21(29)14-18(4)5/h9,17-20,22H,1,10-16H2,2-8H3,(H,27,29)/t20?,22-/m0/s1. The van der Waals surface area contributed by atoms with E-state index in [0.717, 1.165) is 11.1 Å². The first-order valence-electron chi connectivity index (χ1n) is 11.6. The van der Waals surface area contributed by atoms with Crippen LogP contribution in [0.15, 0.2) is 12.7 Å². The molecule has 0 aromatic rings. The zero-order chi connectivity index (χ0) is 25.6. The maximum absolute atomic E-state index is 14.6. The molecule has 0 aromatic heterocycles. The van der Waals surface area contributed by atoms with E-state index in [9.17, 15) is 18.4 Å². The van der Waals surface area contributed by atoms with Gasteiger partial charge in [-0.15, -0.1) is 6.58 Å². The number of hydroxylamine groups is 2. The van der Waals surface area contributed by atoms with Crippen molar-refractivity contribution in [3.8, 4) is 0 Å². The lowest BCUT2D eigenvalue weighted by Gasteiger charge is -2.36. The van der Waals surface area contributed by atoms with Crippen LogP contribution in [0.2, 0.25) is 0 Å². The summed E-state index contributed by atoms with van der Waals surface area (Å²) in [6.45, 7) is 14.8. The molecular formula is C24H44F2N2O5. The van der Waals surface area contributed by atoms with Crippen molar-refractivity contribution in [3.63, 3.8) is 0 Å². The Hall–Kier alpha value is -1.58. The molecule has 0 rings (SSSR count). The number of methoxy groups -OCH3 is 1. The minimum atomic E-state index is -3.06. The summed E-state index contributed by atoms with van der Waals surface area (Å²) >= 11 is 0. The van der Waals surface area contributed by atoms with Crippen LogP contribution in [0.5, 0.6) is 0 Å². The van der Waals surface area contributed by atoms with Crippen LogP contribution >= 0.6 is 0 Å². The summed E-state index contributed by atoms with van der Waals surface area (Å²) in [7, 11) is 1.52. The second kappa shape index (κ2) is 16.1. The van der Waals surface area contributed by atoms with Gasteiger partial charge in [-0.1, -0.05) is 47.6 Å². The van der Waals surface area contributed by atoms with E-state index in [1.165, 1.54) is 7.11 Å². The summed E-state index contributed by atoms with van der Waals surface area (Å²) in [5, 5.41) is 3.75. The molecule has 33 heavy (non-hydrogen) atoms. The van der Waals surface area contributed by atoms with Crippen LogP contribution in [-0.2, 0) is 23.9 Å². The highest BCUT2D eigenvalue weighted by molar-refractivity contribution is 5.87. The van der Waals surface area contributed by atoms with Crippen LogP contribution in [0.3, 0.4) is 0 Å². The Morgan fingerprint density at radius 1 is 1.09 bits per heavy atom.